The van der Waals surface area contributed by atoms with Crippen molar-refractivity contribution >= 4 is 0 Å². The van der Waals surface area contributed by atoms with Crippen molar-refractivity contribution in [1.82, 2.24) is 20.4 Å². The molecular weight excluding hydrogens is 228 g/mol. The van der Waals surface area contributed by atoms with E-state index in [1.54, 1.807) is 0 Å². The van der Waals surface area contributed by atoms with Gasteiger partial charge in [-0.25, -0.2) is 0 Å². The molecule has 1 saturated heterocycles. The molecule has 1 unspecified atom stereocenters. The van der Waals surface area contributed by atoms with Gasteiger partial charge in [0.1, 0.15) is 0 Å². The maximum absolute atomic E-state index is 5.28. The summed E-state index contributed by atoms with van der Waals surface area (Å²) in [6, 6.07) is 1.10. The molecule has 5 nitrogen and oxygen atoms in total. The van der Waals surface area contributed by atoms with E-state index in [4.69, 9.17) is 4.52 Å². The van der Waals surface area contributed by atoms with Crippen LogP contribution in [-0.4, -0.2) is 40.2 Å². The lowest BCUT2D eigenvalue weighted by Crippen LogP contribution is -2.40. The van der Waals surface area contributed by atoms with Crippen LogP contribution >= 0.6 is 0 Å². The van der Waals surface area contributed by atoms with Crippen molar-refractivity contribution in [3.05, 3.63) is 11.7 Å². The van der Waals surface area contributed by atoms with Crippen LogP contribution in [0.1, 0.15) is 45.3 Å². The van der Waals surface area contributed by atoms with Gasteiger partial charge in [0.15, 0.2) is 5.82 Å². The van der Waals surface area contributed by atoms with Gasteiger partial charge in [0.2, 0.25) is 5.89 Å². The molecule has 1 aromatic heterocycles. The lowest BCUT2D eigenvalue weighted by atomic mass is 10.2. The molecule has 2 heterocycles. The molecule has 0 bridgehead atoms. The average molecular weight is 252 g/mol. The molecule has 1 atom stereocenters. The second-order valence-electron chi connectivity index (χ2n) is 5.27. The Bertz CT molecular complexity index is 358. The second kappa shape index (κ2) is 6.29. The Hall–Kier alpha value is -0.940. The SMILES string of the molecule is CCc1noc(CN(CC2CCCN2)C(C)C)n1. The van der Waals surface area contributed by atoms with E-state index < -0.39 is 0 Å². The number of rotatable bonds is 6. The zero-order chi connectivity index (χ0) is 13.0. The Kier molecular flexibility index (Phi) is 4.72. The monoisotopic (exact) mass is 252 g/mol. The van der Waals surface area contributed by atoms with Crippen LogP contribution in [0.4, 0.5) is 0 Å². The van der Waals surface area contributed by atoms with E-state index in [0.717, 1.165) is 37.8 Å². The molecule has 5 heteroatoms. The number of nitrogens with zero attached hydrogens (tertiary/aromatic N) is 3. The highest BCUT2D eigenvalue weighted by Gasteiger charge is 2.21. The van der Waals surface area contributed by atoms with Crippen molar-refractivity contribution in [2.45, 2.75) is 58.7 Å². The molecule has 0 radical (unpaired) electrons. The summed E-state index contributed by atoms with van der Waals surface area (Å²) in [4.78, 5) is 6.78. The Balaban J connectivity index is 1.92. The van der Waals surface area contributed by atoms with Gasteiger partial charge >= 0.3 is 0 Å². The van der Waals surface area contributed by atoms with E-state index in [0.29, 0.717) is 12.1 Å². The Labute approximate surface area is 109 Å². The van der Waals surface area contributed by atoms with E-state index in [9.17, 15) is 0 Å². The smallest absolute Gasteiger partial charge is 0.240 e. The summed E-state index contributed by atoms with van der Waals surface area (Å²) in [5.74, 6) is 1.53. The van der Waals surface area contributed by atoms with Gasteiger partial charge in [0.25, 0.3) is 0 Å². The minimum Gasteiger partial charge on any atom is -0.338 e. The van der Waals surface area contributed by atoms with Crippen molar-refractivity contribution in [1.29, 1.82) is 0 Å². The molecular formula is C13H24N4O. The molecule has 1 aliphatic rings. The summed E-state index contributed by atoms with van der Waals surface area (Å²) in [5.41, 5.74) is 0. The molecule has 0 spiro atoms. The van der Waals surface area contributed by atoms with Crippen molar-refractivity contribution in [3.63, 3.8) is 0 Å². The predicted octanol–water partition coefficient (Wildman–Crippen LogP) is 1.59. The van der Waals surface area contributed by atoms with Gasteiger partial charge in [-0.1, -0.05) is 12.1 Å². The van der Waals surface area contributed by atoms with E-state index in [2.05, 4.69) is 34.2 Å². The van der Waals surface area contributed by atoms with Crippen LogP contribution in [0.2, 0.25) is 0 Å². The lowest BCUT2D eigenvalue weighted by molar-refractivity contribution is 0.170. The van der Waals surface area contributed by atoms with Crippen LogP contribution in [0, 0.1) is 0 Å². The highest BCUT2D eigenvalue weighted by atomic mass is 16.5. The molecule has 1 fully saturated rings. The first-order valence-corrected chi connectivity index (χ1v) is 6.98. The lowest BCUT2D eigenvalue weighted by Gasteiger charge is -2.27. The van der Waals surface area contributed by atoms with E-state index in [1.165, 1.54) is 12.8 Å². The van der Waals surface area contributed by atoms with E-state index >= 15 is 0 Å². The van der Waals surface area contributed by atoms with Crippen molar-refractivity contribution < 1.29 is 4.52 Å². The summed E-state index contributed by atoms with van der Waals surface area (Å²) in [7, 11) is 0. The van der Waals surface area contributed by atoms with Crippen LogP contribution in [0.25, 0.3) is 0 Å². The minimum absolute atomic E-state index is 0.490. The van der Waals surface area contributed by atoms with Crippen LogP contribution < -0.4 is 5.32 Å². The Morgan fingerprint density at radius 3 is 2.89 bits per heavy atom. The summed E-state index contributed by atoms with van der Waals surface area (Å²) in [6.45, 7) is 9.43. The van der Waals surface area contributed by atoms with Gasteiger partial charge in [-0.2, -0.15) is 4.98 Å². The van der Waals surface area contributed by atoms with Gasteiger partial charge in [-0.05, 0) is 33.2 Å². The van der Waals surface area contributed by atoms with Gasteiger partial charge in [0.05, 0.1) is 6.54 Å². The van der Waals surface area contributed by atoms with Gasteiger partial charge in [-0.3, -0.25) is 4.90 Å². The summed E-state index contributed by atoms with van der Waals surface area (Å²) in [6.07, 6.45) is 3.39. The second-order valence-corrected chi connectivity index (χ2v) is 5.27. The van der Waals surface area contributed by atoms with E-state index in [1.807, 2.05) is 6.92 Å². The third-order valence-corrected chi connectivity index (χ3v) is 3.51. The van der Waals surface area contributed by atoms with Gasteiger partial charge in [-0.15, -0.1) is 0 Å². The van der Waals surface area contributed by atoms with Crippen molar-refractivity contribution in [3.8, 4) is 0 Å². The number of hydrogen-bond acceptors (Lipinski definition) is 5. The van der Waals surface area contributed by atoms with Crippen molar-refractivity contribution in [2.24, 2.45) is 0 Å². The molecule has 0 aliphatic carbocycles. The third-order valence-electron chi connectivity index (χ3n) is 3.51. The first-order chi connectivity index (χ1) is 8.69. The third kappa shape index (κ3) is 3.53. The molecule has 0 amide bonds. The van der Waals surface area contributed by atoms with Crippen LogP contribution in [0.3, 0.4) is 0 Å². The summed E-state index contributed by atoms with van der Waals surface area (Å²) >= 11 is 0. The van der Waals surface area contributed by atoms with Crippen LogP contribution in [0.15, 0.2) is 4.52 Å². The Morgan fingerprint density at radius 1 is 1.50 bits per heavy atom. The number of aromatic nitrogens is 2. The number of hydrogen-bond donors (Lipinski definition) is 1. The highest BCUT2D eigenvalue weighted by Crippen LogP contribution is 2.12. The van der Waals surface area contributed by atoms with Gasteiger partial charge in [0, 0.05) is 25.0 Å². The van der Waals surface area contributed by atoms with Crippen LogP contribution in [-0.2, 0) is 13.0 Å². The fourth-order valence-electron chi connectivity index (χ4n) is 2.33. The molecule has 102 valence electrons. The first-order valence-electron chi connectivity index (χ1n) is 6.98. The van der Waals surface area contributed by atoms with E-state index in [-0.39, 0.29) is 0 Å². The quantitative estimate of drug-likeness (QED) is 0.833. The fraction of sp³-hybridized carbons (Fsp3) is 0.846. The fourth-order valence-corrected chi connectivity index (χ4v) is 2.33. The molecule has 1 N–H and O–H groups in total. The number of aryl methyl sites for hydroxylation is 1. The maximum atomic E-state index is 5.28. The summed E-state index contributed by atoms with van der Waals surface area (Å²) in [5, 5.41) is 7.49. The molecule has 0 saturated carbocycles. The molecule has 0 aromatic carbocycles. The predicted molar refractivity (Wildman–Crippen MR) is 70.2 cm³/mol. The Morgan fingerprint density at radius 2 is 2.33 bits per heavy atom. The normalized spacial score (nSPS) is 20.2. The molecule has 18 heavy (non-hydrogen) atoms. The topological polar surface area (TPSA) is 54.2 Å². The first kappa shape index (κ1) is 13.5. The highest BCUT2D eigenvalue weighted by molar-refractivity contribution is 4.87. The van der Waals surface area contributed by atoms with Crippen molar-refractivity contribution in [2.75, 3.05) is 13.1 Å². The molecule has 1 aliphatic heterocycles. The number of nitrogens with one attached hydrogen (secondary N) is 1. The zero-order valence-corrected chi connectivity index (χ0v) is 11.6. The zero-order valence-electron chi connectivity index (χ0n) is 11.6. The largest absolute Gasteiger partial charge is 0.338 e. The molecule has 1 aromatic rings. The standard InChI is InChI=1S/C13H24N4O/c1-4-12-15-13(18-16-12)9-17(10(2)3)8-11-6-5-7-14-11/h10-11,14H,4-9H2,1-3H3. The maximum Gasteiger partial charge on any atom is 0.240 e. The molecule has 2 rings (SSSR count). The minimum atomic E-state index is 0.490. The van der Waals surface area contributed by atoms with Gasteiger partial charge < -0.3 is 9.84 Å². The summed E-state index contributed by atoms with van der Waals surface area (Å²) < 4.78 is 5.28. The average Bonchev–Trinajstić information content (AvgIpc) is 2.99. The van der Waals surface area contributed by atoms with Crippen LogP contribution in [0.5, 0.6) is 0 Å².